The molecule has 3 aliphatic heterocycles. The maximum atomic E-state index is 13.4. The first-order valence-electron chi connectivity index (χ1n) is 9.46. The van der Waals surface area contributed by atoms with Crippen molar-refractivity contribution in [1.82, 2.24) is 20.1 Å². The first-order valence-corrected chi connectivity index (χ1v) is 9.46. The number of carbonyl (C=O) groups excluding carboxylic acids is 1. The number of likely N-dealkylation sites (N-methyl/N-ethyl adjacent to an activating group) is 1. The largest absolute Gasteiger partial charge is 0.490 e. The van der Waals surface area contributed by atoms with Crippen LogP contribution in [0.15, 0.2) is 12.3 Å². The number of anilines is 1. The zero-order valence-electron chi connectivity index (χ0n) is 16.2. The van der Waals surface area contributed by atoms with Gasteiger partial charge in [-0.2, -0.15) is 0 Å². The third-order valence-electron chi connectivity index (χ3n) is 5.99. The van der Waals surface area contributed by atoms with E-state index in [1.165, 1.54) is 0 Å². The van der Waals surface area contributed by atoms with Crippen LogP contribution in [0.25, 0.3) is 0 Å². The van der Waals surface area contributed by atoms with Crippen LogP contribution in [0.2, 0.25) is 0 Å². The number of nitrogens with zero attached hydrogens (tertiary/aromatic N) is 4. The Balaban J connectivity index is 1.75. The zero-order chi connectivity index (χ0) is 18.5. The van der Waals surface area contributed by atoms with E-state index in [1.54, 1.807) is 6.20 Å². The summed E-state index contributed by atoms with van der Waals surface area (Å²) in [6.07, 6.45) is 2.81. The molecule has 2 fully saturated rings. The number of nitrogens with one attached hydrogen (secondary N) is 1. The van der Waals surface area contributed by atoms with E-state index in [0.717, 1.165) is 31.9 Å². The Morgan fingerprint density at radius 1 is 1.38 bits per heavy atom. The number of piperazine rings is 1. The molecule has 0 bridgehead atoms. The molecule has 4 heterocycles. The van der Waals surface area contributed by atoms with E-state index in [4.69, 9.17) is 4.74 Å². The molecule has 2 saturated heterocycles. The molecule has 1 aromatic rings. The molecule has 0 spiro atoms. The van der Waals surface area contributed by atoms with Gasteiger partial charge in [-0.1, -0.05) is 0 Å². The second-order valence-corrected chi connectivity index (χ2v) is 8.42. The van der Waals surface area contributed by atoms with E-state index >= 15 is 0 Å². The second kappa shape index (κ2) is 6.39. The predicted octanol–water partition coefficient (Wildman–Crippen LogP) is 0.807. The summed E-state index contributed by atoms with van der Waals surface area (Å²) in [5.74, 6) is 1.48. The van der Waals surface area contributed by atoms with Crippen LogP contribution in [0.4, 0.5) is 5.82 Å². The minimum absolute atomic E-state index is 0.0520. The molecule has 4 rings (SSSR count). The molecule has 1 aromatic heterocycles. The molecule has 0 aliphatic carbocycles. The molecule has 7 nitrogen and oxygen atoms in total. The van der Waals surface area contributed by atoms with Crippen molar-refractivity contribution < 1.29 is 9.53 Å². The highest BCUT2D eigenvalue weighted by Gasteiger charge is 2.43. The Morgan fingerprint density at radius 3 is 2.92 bits per heavy atom. The minimum Gasteiger partial charge on any atom is -0.490 e. The van der Waals surface area contributed by atoms with Crippen LogP contribution in [0, 0.1) is 0 Å². The lowest BCUT2D eigenvalue weighted by Crippen LogP contribution is -2.55. The van der Waals surface area contributed by atoms with Crippen molar-refractivity contribution in [3.05, 3.63) is 17.8 Å². The quantitative estimate of drug-likeness (QED) is 0.843. The summed E-state index contributed by atoms with van der Waals surface area (Å²) < 4.78 is 6.05. The van der Waals surface area contributed by atoms with Crippen LogP contribution in [0.3, 0.4) is 0 Å². The summed E-state index contributed by atoms with van der Waals surface area (Å²) >= 11 is 0. The Labute approximate surface area is 155 Å². The molecule has 3 aliphatic rings. The standard InChI is InChI=1S/C19H29N5O2/c1-19(2)9-13(22(3)4)11-24(19)17-16-15(5-6-21-17)26-12-14-10-20-7-8-23(14)18(16)25/h5-6,13-14,20H,7-12H2,1-4H3/t13-,14?/m1/s1. The Kier molecular flexibility index (Phi) is 4.31. The van der Waals surface area contributed by atoms with Gasteiger partial charge in [0.2, 0.25) is 0 Å². The summed E-state index contributed by atoms with van der Waals surface area (Å²) in [6.45, 7) is 8.16. The fraction of sp³-hybridized carbons (Fsp3) is 0.684. The van der Waals surface area contributed by atoms with Crippen molar-refractivity contribution >= 4 is 11.7 Å². The topological polar surface area (TPSA) is 60.9 Å². The molecule has 0 saturated carbocycles. The Bertz CT molecular complexity index is 705. The number of amides is 1. The van der Waals surface area contributed by atoms with Crippen molar-refractivity contribution in [3.63, 3.8) is 0 Å². The number of fused-ring (bicyclic) bond motifs is 2. The van der Waals surface area contributed by atoms with Gasteiger partial charge in [-0.15, -0.1) is 0 Å². The third kappa shape index (κ3) is 2.83. The van der Waals surface area contributed by atoms with Crippen molar-refractivity contribution in [2.75, 3.05) is 51.8 Å². The van der Waals surface area contributed by atoms with Gasteiger partial charge in [-0.3, -0.25) is 4.79 Å². The average molecular weight is 359 g/mol. The van der Waals surface area contributed by atoms with Crippen LogP contribution in [-0.2, 0) is 0 Å². The number of aromatic nitrogens is 1. The van der Waals surface area contributed by atoms with Crippen LogP contribution in [0.1, 0.15) is 30.6 Å². The highest BCUT2D eigenvalue weighted by molar-refractivity contribution is 6.02. The number of ether oxygens (including phenoxy) is 1. The highest BCUT2D eigenvalue weighted by atomic mass is 16.5. The summed E-state index contributed by atoms with van der Waals surface area (Å²) in [5.41, 5.74) is 0.566. The molecule has 26 heavy (non-hydrogen) atoms. The van der Waals surface area contributed by atoms with E-state index in [2.05, 4.69) is 48.0 Å². The summed E-state index contributed by atoms with van der Waals surface area (Å²) in [7, 11) is 4.23. The lowest BCUT2D eigenvalue weighted by atomic mass is 9.99. The maximum Gasteiger partial charge on any atom is 0.261 e. The van der Waals surface area contributed by atoms with Gasteiger partial charge in [0.15, 0.2) is 0 Å². The fourth-order valence-electron chi connectivity index (χ4n) is 4.39. The summed E-state index contributed by atoms with van der Waals surface area (Å²) in [5, 5.41) is 3.35. The number of pyridine rings is 1. The fourth-order valence-corrected chi connectivity index (χ4v) is 4.39. The van der Waals surface area contributed by atoms with E-state index < -0.39 is 0 Å². The third-order valence-corrected chi connectivity index (χ3v) is 5.99. The van der Waals surface area contributed by atoms with E-state index in [9.17, 15) is 4.79 Å². The van der Waals surface area contributed by atoms with Gasteiger partial charge >= 0.3 is 0 Å². The molecule has 1 amide bonds. The molecule has 1 unspecified atom stereocenters. The Morgan fingerprint density at radius 2 is 2.19 bits per heavy atom. The second-order valence-electron chi connectivity index (χ2n) is 8.42. The van der Waals surface area contributed by atoms with Crippen molar-refractivity contribution in [2.24, 2.45) is 0 Å². The SMILES string of the molecule is CN(C)[C@H]1CN(c2nccc3c2C(=O)N2CCNCC2CO3)C(C)(C)C1. The molecule has 0 radical (unpaired) electrons. The molecular formula is C19H29N5O2. The summed E-state index contributed by atoms with van der Waals surface area (Å²) in [4.78, 5) is 24.6. The molecule has 2 atom stereocenters. The van der Waals surface area contributed by atoms with E-state index in [1.807, 2.05) is 11.0 Å². The number of carbonyl (C=O) groups is 1. The number of rotatable bonds is 2. The number of hydrogen-bond donors (Lipinski definition) is 1. The number of hydrogen-bond acceptors (Lipinski definition) is 6. The first-order chi connectivity index (χ1) is 12.4. The average Bonchev–Trinajstić information content (AvgIpc) is 2.86. The van der Waals surface area contributed by atoms with E-state index in [-0.39, 0.29) is 17.5 Å². The summed E-state index contributed by atoms with van der Waals surface area (Å²) in [6, 6.07) is 2.35. The van der Waals surface area contributed by atoms with Gasteiger partial charge in [0, 0.05) is 44.0 Å². The zero-order valence-corrected chi connectivity index (χ0v) is 16.2. The van der Waals surface area contributed by atoms with Gasteiger partial charge < -0.3 is 24.8 Å². The van der Waals surface area contributed by atoms with E-state index in [0.29, 0.717) is 30.5 Å². The first kappa shape index (κ1) is 17.5. The molecular weight excluding hydrogens is 330 g/mol. The van der Waals surface area contributed by atoms with Gasteiger partial charge in [-0.05, 0) is 40.4 Å². The minimum atomic E-state index is -0.0630. The normalized spacial score (nSPS) is 27.8. The smallest absolute Gasteiger partial charge is 0.261 e. The molecule has 142 valence electrons. The van der Waals surface area contributed by atoms with Crippen LogP contribution in [0.5, 0.6) is 5.75 Å². The molecule has 1 N–H and O–H groups in total. The van der Waals surface area contributed by atoms with Gasteiger partial charge in [0.05, 0.1) is 6.04 Å². The highest BCUT2D eigenvalue weighted by Crippen LogP contribution is 2.39. The van der Waals surface area contributed by atoms with Crippen LogP contribution < -0.4 is 15.0 Å². The van der Waals surface area contributed by atoms with Crippen LogP contribution >= 0.6 is 0 Å². The molecule has 0 aromatic carbocycles. The predicted molar refractivity (Wildman–Crippen MR) is 101 cm³/mol. The monoisotopic (exact) mass is 359 g/mol. The molecule has 7 heteroatoms. The van der Waals surface area contributed by atoms with Gasteiger partial charge in [0.25, 0.3) is 5.91 Å². The van der Waals surface area contributed by atoms with Crippen molar-refractivity contribution in [1.29, 1.82) is 0 Å². The lowest BCUT2D eigenvalue weighted by Gasteiger charge is -2.36. The van der Waals surface area contributed by atoms with Crippen molar-refractivity contribution in [3.8, 4) is 5.75 Å². The Hall–Kier alpha value is -1.86. The van der Waals surface area contributed by atoms with Gasteiger partial charge in [-0.25, -0.2) is 4.98 Å². The maximum absolute atomic E-state index is 13.4. The van der Waals surface area contributed by atoms with Crippen molar-refractivity contribution in [2.45, 2.75) is 37.9 Å². The van der Waals surface area contributed by atoms with Crippen LogP contribution in [-0.4, -0.2) is 85.2 Å². The lowest BCUT2D eigenvalue weighted by molar-refractivity contribution is 0.0606. The van der Waals surface area contributed by atoms with Gasteiger partial charge in [0.1, 0.15) is 23.7 Å².